The lowest BCUT2D eigenvalue weighted by atomic mass is 10.1. The summed E-state index contributed by atoms with van der Waals surface area (Å²) in [5, 5.41) is 1.61. The van der Waals surface area contributed by atoms with Crippen LogP contribution in [0.2, 0.25) is 5.02 Å². The van der Waals surface area contributed by atoms with Crippen LogP contribution in [-0.4, -0.2) is 18.0 Å². The number of hydrogen-bond acceptors (Lipinski definition) is 2. The molecule has 1 heterocycles. The normalized spacial score (nSPS) is 10.9. The molecule has 0 aliphatic rings. The van der Waals surface area contributed by atoms with E-state index in [9.17, 15) is 4.79 Å². The van der Waals surface area contributed by atoms with E-state index in [4.69, 9.17) is 16.3 Å². The van der Waals surface area contributed by atoms with Gasteiger partial charge < -0.3 is 9.30 Å². The number of fused-ring (bicyclic) bond motifs is 1. The minimum Gasteiger partial charge on any atom is -0.497 e. The molecule has 0 aliphatic heterocycles. The maximum absolute atomic E-state index is 11.5. The quantitative estimate of drug-likeness (QED) is 0.411. The van der Waals surface area contributed by atoms with E-state index >= 15 is 0 Å². The molecule has 0 saturated carbocycles. The van der Waals surface area contributed by atoms with Gasteiger partial charge in [0.2, 0.25) is 0 Å². The summed E-state index contributed by atoms with van der Waals surface area (Å²) in [7, 11) is 1.66. The van der Waals surface area contributed by atoms with E-state index in [0.717, 1.165) is 39.8 Å². The molecule has 134 valence electrons. The predicted octanol–water partition coefficient (Wildman–Crippen LogP) is 5.83. The minimum atomic E-state index is 0.663. The molecule has 0 spiro atoms. The van der Waals surface area contributed by atoms with E-state index in [0.29, 0.717) is 17.1 Å². The molecule has 0 radical (unpaired) electrons. The predicted molar refractivity (Wildman–Crippen MR) is 110 cm³/mol. The van der Waals surface area contributed by atoms with Crippen LogP contribution in [0, 0.1) is 0 Å². The van der Waals surface area contributed by atoms with Gasteiger partial charge in [0.1, 0.15) is 5.75 Å². The molecule has 3 aromatic carbocycles. The first-order chi connectivity index (χ1) is 13.2. The zero-order chi connectivity index (χ0) is 18.8. The molecule has 0 bridgehead atoms. The van der Waals surface area contributed by atoms with Crippen LogP contribution in [-0.2, 0) is 6.54 Å². The molecule has 0 saturated heterocycles. The van der Waals surface area contributed by atoms with Gasteiger partial charge in [-0.25, -0.2) is 0 Å². The molecule has 0 atom stereocenters. The van der Waals surface area contributed by atoms with Gasteiger partial charge in [0, 0.05) is 33.6 Å². The Morgan fingerprint density at radius 2 is 1.78 bits per heavy atom. The van der Waals surface area contributed by atoms with E-state index in [1.807, 2.05) is 72.8 Å². The second-order valence-electron chi connectivity index (χ2n) is 6.34. The highest BCUT2D eigenvalue weighted by Crippen LogP contribution is 2.34. The summed E-state index contributed by atoms with van der Waals surface area (Å²) in [6, 6.07) is 23.6. The minimum absolute atomic E-state index is 0.663. The summed E-state index contributed by atoms with van der Waals surface area (Å²) < 4.78 is 7.45. The highest BCUT2D eigenvalue weighted by Gasteiger charge is 2.15. The largest absolute Gasteiger partial charge is 0.497 e. The number of carbonyl (C=O) groups excluding carboxylic acids is 1. The molecule has 0 fully saturated rings. The standard InChI is InChI=1S/C23H18ClNO2/c1-27-18-11-9-16(10-12-18)14-25-22-8-4-5-17(15-26)20(22)13-23(25)19-6-2-3-7-21(19)24/h2-13,15H,14H2,1H3. The first-order valence-corrected chi connectivity index (χ1v) is 9.04. The number of methoxy groups -OCH3 is 1. The summed E-state index contributed by atoms with van der Waals surface area (Å²) in [5.74, 6) is 0.825. The fraction of sp³-hybridized carbons (Fsp3) is 0.0870. The van der Waals surface area contributed by atoms with Crippen molar-refractivity contribution in [3.8, 4) is 17.0 Å². The average Bonchev–Trinajstić information content (AvgIpc) is 3.07. The highest BCUT2D eigenvalue weighted by atomic mass is 35.5. The van der Waals surface area contributed by atoms with Crippen molar-refractivity contribution in [2.75, 3.05) is 7.11 Å². The Labute approximate surface area is 162 Å². The van der Waals surface area contributed by atoms with Crippen molar-refractivity contribution in [1.29, 1.82) is 0 Å². The van der Waals surface area contributed by atoms with Crippen molar-refractivity contribution in [3.05, 3.63) is 88.9 Å². The number of benzene rings is 3. The Morgan fingerprint density at radius 3 is 2.48 bits per heavy atom. The summed E-state index contributed by atoms with van der Waals surface area (Å²) in [6.45, 7) is 0.663. The molecule has 0 unspecified atom stereocenters. The molecule has 0 aliphatic carbocycles. The Bertz CT molecular complexity index is 1110. The first-order valence-electron chi connectivity index (χ1n) is 8.66. The number of hydrogen-bond donors (Lipinski definition) is 0. The topological polar surface area (TPSA) is 31.2 Å². The molecular formula is C23H18ClNO2. The molecule has 4 aromatic rings. The summed E-state index contributed by atoms with van der Waals surface area (Å²) >= 11 is 6.48. The van der Waals surface area contributed by atoms with Crippen LogP contribution >= 0.6 is 11.6 Å². The molecule has 0 amide bonds. The second-order valence-corrected chi connectivity index (χ2v) is 6.75. The average molecular weight is 376 g/mol. The lowest BCUT2D eigenvalue weighted by Crippen LogP contribution is -2.02. The lowest BCUT2D eigenvalue weighted by Gasteiger charge is -2.13. The van der Waals surface area contributed by atoms with E-state index in [-0.39, 0.29) is 0 Å². The number of aldehydes is 1. The van der Waals surface area contributed by atoms with Crippen molar-refractivity contribution in [2.45, 2.75) is 6.54 Å². The van der Waals surface area contributed by atoms with Crippen LogP contribution in [0.3, 0.4) is 0 Å². The van der Waals surface area contributed by atoms with Gasteiger partial charge in [-0.2, -0.15) is 0 Å². The van der Waals surface area contributed by atoms with Gasteiger partial charge in [0.15, 0.2) is 6.29 Å². The molecule has 1 aromatic heterocycles. The molecule has 27 heavy (non-hydrogen) atoms. The fourth-order valence-corrected chi connectivity index (χ4v) is 3.62. The number of nitrogens with zero attached hydrogens (tertiary/aromatic N) is 1. The van der Waals surface area contributed by atoms with Crippen molar-refractivity contribution < 1.29 is 9.53 Å². The Morgan fingerprint density at radius 1 is 1.00 bits per heavy atom. The van der Waals surface area contributed by atoms with E-state index < -0.39 is 0 Å². The van der Waals surface area contributed by atoms with Crippen molar-refractivity contribution in [2.24, 2.45) is 0 Å². The molecule has 4 rings (SSSR count). The maximum Gasteiger partial charge on any atom is 0.150 e. The number of halogens is 1. The molecule has 0 N–H and O–H groups in total. The van der Waals surface area contributed by atoms with E-state index in [1.165, 1.54) is 0 Å². The Hall–Kier alpha value is -3.04. The van der Waals surface area contributed by atoms with Crippen molar-refractivity contribution in [1.82, 2.24) is 4.57 Å². The van der Waals surface area contributed by atoms with Gasteiger partial charge in [-0.05, 0) is 35.9 Å². The van der Waals surface area contributed by atoms with Crippen LogP contribution in [0.15, 0.2) is 72.8 Å². The van der Waals surface area contributed by atoms with Gasteiger partial charge >= 0.3 is 0 Å². The maximum atomic E-state index is 11.5. The van der Waals surface area contributed by atoms with Crippen molar-refractivity contribution in [3.63, 3.8) is 0 Å². The van der Waals surface area contributed by atoms with Crippen LogP contribution in [0.1, 0.15) is 15.9 Å². The first kappa shape index (κ1) is 17.4. The third-order valence-corrected chi connectivity index (χ3v) is 5.09. The van der Waals surface area contributed by atoms with Gasteiger partial charge in [0.25, 0.3) is 0 Å². The molecule has 4 heteroatoms. The monoisotopic (exact) mass is 375 g/mol. The van der Waals surface area contributed by atoms with Gasteiger partial charge in [-0.15, -0.1) is 0 Å². The van der Waals surface area contributed by atoms with Crippen LogP contribution < -0.4 is 4.74 Å². The zero-order valence-corrected chi connectivity index (χ0v) is 15.6. The SMILES string of the molecule is COc1ccc(Cn2c(-c3ccccc3Cl)cc3c(C=O)cccc32)cc1. The number of rotatable bonds is 5. The second kappa shape index (κ2) is 7.29. The third kappa shape index (κ3) is 3.22. The van der Waals surface area contributed by atoms with Gasteiger partial charge in [-0.3, -0.25) is 4.79 Å². The van der Waals surface area contributed by atoms with E-state index in [2.05, 4.69) is 4.57 Å². The summed E-state index contributed by atoms with van der Waals surface area (Å²) in [4.78, 5) is 11.5. The highest BCUT2D eigenvalue weighted by molar-refractivity contribution is 6.33. The van der Waals surface area contributed by atoms with Gasteiger partial charge in [-0.1, -0.05) is 54.1 Å². The number of aromatic nitrogens is 1. The molecular weight excluding hydrogens is 358 g/mol. The van der Waals surface area contributed by atoms with Crippen LogP contribution in [0.4, 0.5) is 0 Å². The smallest absolute Gasteiger partial charge is 0.150 e. The van der Waals surface area contributed by atoms with Gasteiger partial charge in [0.05, 0.1) is 12.8 Å². The summed E-state index contributed by atoms with van der Waals surface area (Å²) in [6.07, 6.45) is 0.899. The van der Waals surface area contributed by atoms with Crippen LogP contribution in [0.5, 0.6) is 5.75 Å². The third-order valence-electron chi connectivity index (χ3n) is 4.76. The van der Waals surface area contributed by atoms with Crippen molar-refractivity contribution >= 4 is 28.8 Å². The lowest BCUT2D eigenvalue weighted by molar-refractivity contribution is 0.112. The Balaban J connectivity index is 1.92. The fourth-order valence-electron chi connectivity index (χ4n) is 3.39. The number of carbonyl (C=O) groups is 1. The number of ether oxygens (including phenoxy) is 1. The van der Waals surface area contributed by atoms with E-state index in [1.54, 1.807) is 7.11 Å². The summed E-state index contributed by atoms with van der Waals surface area (Å²) in [5.41, 5.74) is 4.75. The zero-order valence-electron chi connectivity index (χ0n) is 14.9. The van der Waals surface area contributed by atoms with Crippen LogP contribution in [0.25, 0.3) is 22.2 Å². The Kier molecular flexibility index (Phi) is 4.69. The molecule has 3 nitrogen and oxygen atoms in total.